The second-order valence-electron chi connectivity index (χ2n) is 4.53. The Balaban J connectivity index is 1.99. The third-order valence-corrected chi connectivity index (χ3v) is 3.37. The van der Waals surface area contributed by atoms with Gasteiger partial charge in [-0.1, -0.05) is 36.3 Å². The minimum atomic E-state index is -0.0423. The van der Waals surface area contributed by atoms with Gasteiger partial charge in [-0.2, -0.15) is 0 Å². The summed E-state index contributed by atoms with van der Waals surface area (Å²) in [7, 11) is 0. The predicted molar refractivity (Wildman–Crippen MR) is 68.3 cm³/mol. The van der Waals surface area contributed by atoms with Gasteiger partial charge >= 0.3 is 0 Å². The molecule has 0 aromatic heterocycles. The van der Waals surface area contributed by atoms with Crippen LogP contribution in [0.4, 0.5) is 0 Å². The van der Waals surface area contributed by atoms with Crippen molar-refractivity contribution in [3.05, 3.63) is 35.4 Å². The van der Waals surface area contributed by atoms with E-state index >= 15 is 0 Å². The molecule has 17 heavy (non-hydrogen) atoms. The van der Waals surface area contributed by atoms with Gasteiger partial charge in [-0.25, -0.2) is 0 Å². The summed E-state index contributed by atoms with van der Waals surface area (Å²) in [5.41, 5.74) is 8.45. The number of hydrogen-bond acceptors (Lipinski definition) is 3. The standard InChI is InChI=1S/C13H19N3O/c1-2-12(13(14)16-17)15-11-7-9-5-3-4-6-10(9)8-11/h3-6,11-12,15,17H,2,7-8H2,1H3,(H2,14,16). The quantitative estimate of drug-likeness (QED) is 0.317. The van der Waals surface area contributed by atoms with Crippen molar-refractivity contribution in [3.8, 4) is 0 Å². The number of nitrogens with one attached hydrogen (secondary N) is 1. The molecule has 1 aliphatic carbocycles. The van der Waals surface area contributed by atoms with Gasteiger partial charge < -0.3 is 16.3 Å². The van der Waals surface area contributed by atoms with E-state index in [4.69, 9.17) is 10.9 Å². The predicted octanol–water partition coefficient (Wildman–Crippen LogP) is 1.27. The first-order valence-electron chi connectivity index (χ1n) is 6.04. The Morgan fingerprint density at radius 3 is 2.53 bits per heavy atom. The zero-order valence-electron chi connectivity index (χ0n) is 10.1. The Morgan fingerprint density at radius 1 is 1.47 bits per heavy atom. The number of oxime groups is 1. The van der Waals surface area contributed by atoms with Crippen LogP contribution in [-0.4, -0.2) is 23.1 Å². The molecule has 4 nitrogen and oxygen atoms in total. The van der Waals surface area contributed by atoms with Gasteiger partial charge in [0.05, 0.1) is 6.04 Å². The average Bonchev–Trinajstić information content (AvgIpc) is 2.77. The molecule has 0 bridgehead atoms. The topological polar surface area (TPSA) is 70.6 Å². The molecule has 0 saturated heterocycles. The van der Waals surface area contributed by atoms with Crippen molar-refractivity contribution in [1.29, 1.82) is 0 Å². The summed E-state index contributed by atoms with van der Waals surface area (Å²) < 4.78 is 0. The molecule has 1 unspecified atom stereocenters. The summed E-state index contributed by atoms with van der Waals surface area (Å²) in [5, 5.41) is 15.2. The summed E-state index contributed by atoms with van der Waals surface area (Å²) in [5.74, 6) is 0.267. The van der Waals surface area contributed by atoms with E-state index in [0.29, 0.717) is 6.04 Å². The SMILES string of the molecule is CCC(NC1Cc2ccccc2C1)/C(N)=N/O. The Bertz CT molecular complexity index is 392. The molecule has 0 heterocycles. The smallest absolute Gasteiger partial charge is 0.156 e. The Kier molecular flexibility index (Phi) is 3.64. The van der Waals surface area contributed by atoms with Crippen LogP contribution in [-0.2, 0) is 12.8 Å². The number of amidine groups is 1. The molecule has 92 valence electrons. The highest BCUT2D eigenvalue weighted by molar-refractivity contribution is 5.85. The molecular weight excluding hydrogens is 214 g/mol. The van der Waals surface area contributed by atoms with Crippen molar-refractivity contribution < 1.29 is 5.21 Å². The van der Waals surface area contributed by atoms with Gasteiger partial charge in [0, 0.05) is 6.04 Å². The monoisotopic (exact) mass is 233 g/mol. The third kappa shape index (κ3) is 2.58. The lowest BCUT2D eigenvalue weighted by Crippen LogP contribution is -2.46. The number of benzene rings is 1. The van der Waals surface area contributed by atoms with E-state index in [1.807, 2.05) is 6.92 Å². The maximum atomic E-state index is 8.71. The van der Waals surface area contributed by atoms with Gasteiger partial charge in [0.15, 0.2) is 5.84 Å². The minimum Gasteiger partial charge on any atom is -0.409 e. The molecule has 0 aliphatic heterocycles. The van der Waals surface area contributed by atoms with E-state index in [-0.39, 0.29) is 11.9 Å². The minimum absolute atomic E-state index is 0.0423. The van der Waals surface area contributed by atoms with Crippen LogP contribution in [0, 0.1) is 0 Å². The van der Waals surface area contributed by atoms with E-state index in [1.165, 1.54) is 11.1 Å². The highest BCUT2D eigenvalue weighted by Crippen LogP contribution is 2.22. The first kappa shape index (κ1) is 11.9. The van der Waals surface area contributed by atoms with Gasteiger partial charge in [0.1, 0.15) is 0 Å². The fraction of sp³-hybridized carbons (Fsp3) is 0.462. The lowest BCUT2D eigenvalue weighted by atomic mass is 10.1. The average molecular weight is 233 g/mol. The second-order valence-corrected chi connectivity index (χ2v) is 4.53. The molecule has 2 rings (SSSR count). The first-order chi connectivity index (χ1) is 8.24. The molecule has 0 radical (unpaired) electrons. The number of nitrogens with two attached hydrogens (primary N) is 1. The van der Waals surface area contributed by atoms with Gasteiger partial charge in [-0.05, 0) is 30.4 Å². The van der Waals surface area contributed by atoms with Crippen LogP contribution < -0.4 is 11.1 Å². The summed E-state index contributed by atoms with van der Waals surface area (Å²) in [6.07, 6.45) is 2.86. The third-order valence-electron chi connectivity index (χ3n) is 3.37. The van der Waals surface area contributed by atoms with E-state index in [2.05, 4.69) is 34.7 Å². The van der Waals surface area contributed by atoms with Crippen LogP contribution in [0.25, 0.3) is 0 Å². The first-order valence-corrected chi connectivity index (χ1v) is 6.04. The van der Waals surface area contributed by atoms with Crippen molar-refractivity contribution in [2.45, 2.75) is 38.3 Å². The van der Waals surface area contributed by atoms with Crippen molar-refractivity contribution in [2.75, 3.05) is 0 Å². The van der Waals surface area contributed by atoms with Crippen molar-refractivity contribution in [1.82, 2.24) is 5.32 Å². The molecule has 1 aromatic carbocycles. The maximum Gasteiger partial charge on any atom is 0.156 e. The van der Waals surface area contributed by atoms with Crippen LogP contribution in [0.2, 0.25) is 0 Å². The molecule has 1 atom stereocenters. The summed E-state index contributed by atoms with van der Waals surface area (Å²) in [6.45, 7) is 2.03. The van der Waals surface area contributed by atoms with Crippen molar-refractivity contribution >= 4 is 5.84 Å². The summed E-state index contributed by atoms with van der Waals surface area (Å²) >= 11 is 0. The zero-order chi connectivity index (χ0) is 12.3. The Labute approximate surface area is 102 Å². The second kappa shape index (κ2) is 5.19. The van der Waals surface area contributed by atoms with Crippen LogP contribution >= 0.6 is 0 Å². The van der Waals surface area contributed by atoms with Crippen molar-refractivity contribution in [2.24, 2.45) is 10.9 Å². The Morgan fingerprint density at radius 2 is 2.06 bits per heavy atom. The fourth-order valence-electron chi connectivity index (χ4n) is 2.44. The summed E-state index contributed by atoms with van der Waals surface area (Å²) in [6, 6.07) is 8.82. The van der Waals surface area contributed by atoms with Crippen molar-refractivity contribution in [3.63, 3.8) is 0 Å². The van der Waals surface area contributed by atoms with E-state index in [1.54, 1.807) is 0 Å². The number of nitrogens with zero attached hydrogens (tertiary/aromatic N) is 1. The van der Waals surface area contributed by atoms with Gasteiger partial charge in [-0.3, -0.25) is 0 Å². The molecule has 4 N–H and O–H groups in total. The van der Waals surface area contributed by atoms with Gasteiger partial charge in [-0.15, -0.1) is 0 Å². The molecule has 0 saturated carbocycles. The highest BCUT2D eigenvalue weighted by atomic mass is 16.4. The normalized spacial score (nSPS) is 18.1. The molecule has 0 spiro atoms. The van der Waals surface area contributed by atoms with Gasteiger partial charge in [0.25, 0.3) is 0 Å². The highest BCUT2D eigenvalue weighted by Gasteiger charge is 2.24. The zero-order valence-corrected chi connectivity index (χ0v) is 10.1. The maximum absolute atomic E-state index is 8.71. The molecule has 1 aromatic rings. The molecular formula is C13H19N3O. The van der Waals surface area contributed by atoms with Crippen LogP contribution in [0.15, 0.2) is 29.4 Å². The molecule has 4 heteroatoms. The van der Waals surface area contributed by atoms with Crippen LogP contribution in [0.3, 0.4) is 0 Å². The van der Waals surface area contributed by atoms with Crippen LogP contribution in [0.1, 0.15) is 24.5 Å². The van der Waals surface area contributed by atoms with E-state index < -0.39 is 0 Å². The fourth-order valence-corrected chi connectivity index (χ4v) is 2.44. The van der Waals surface area contributed by atoms with E-state index in [9.17, 15) is 0 Å². The number of rotatable bonds is 4. The van der Waals surface area contributed by atoms with E-state index in [0.717, 1.165) is 19.3 Å². The Hall–Kier alpha value is -1.55. The van der Waals surface area contributed by atoms with Gasteiger partial charge in [0.2, 0.25) is 0 Å². The molecule has 1 aliphatic rings. The van der Waals surface area contributed by atoms with Crippen LogP contribution in [0.5, 0.6) is 0 Å². The molecule has 0 fully saturated rings. The number of fused-ring (bicyclic) bond motifs is 1. The lowest BCUT2D eigenvalue weighted by Gasteiger charge is -2.20. The number of hydrogen-bond donors (Lipinski definition) is 3. The largest absolute Gasteiger partial charge is 0.409 e. The lowest BCUT2D eigenvalue weighted by molar-refractivity contribution is 0.313. The summed E-state index contributed by atoms with van der Waals surface area (Å²) in [4.78, 5) is 0. The molecule has 0 amide bonds.